The molecule has 0 atom stereocenters. The van der Waals surface area contributed by atoms with Gasteiger partial charge in [-0.15, -0.1) is 0 Å². The molecule has 0 aliphatic carbocycles. The Hall–Kier alpha value is -1.95. The highest BCUT2D eigenvalue weighted by Crippen LogP contribution is 2.07. The first kappa shape index (κ1) is 19.1. The molecule has 0 radical (unpaired) electrons. The summed E-state index contributed by atoms with van der Waals surface area (Å²) in [6.07, 6.45) is 4.97. The van der Waals surface area contributed by atoms with Crippen molar-refractivity contribution < 1.29 is 9.53 Å². The van der Waals surface area contributed by atoms with E-state index in [1.165, 1.54) is 18.2 Å². The zero-order chi connectivity index (χ0) is 17.1. The van der Waals surface area contributed by atoms with E-state index in [1.54, 1.807) is 6.21 Å². The highest BCUT2D eigenvalue weighted by atomic mass is 32.1. The van der Waals surface area contributed by atoms with Crippen molar-refractivity contribution in [3.05, 3.63) is 34.9 Å². The van der Waals surface area contributed by atoms with E-state index in [0.717, 1.165) is 31.4 Å². The minimum absolute atomic E-state index is 0.157. The minimum Gasteiger partial charge on any atom is -0.469 e. The summed E-state index contributed by atoms with van der Waals surface area (Å²) in [6, 6.07) is 6.21. The number of ether oxygens (including phenoxy) is 1. The third kappa shape index (κ3) is 8.30. The van der Waals surface area contributed by atoms with Crippen LogP contribution in [0.2, 0.25) is 0 Å². The summed E-state index contributed by atoms with van der Waals surface area (Å²) in [5, 5.41) is 7.73. The van der Waals surface area contributed by atoms with Crippen LogP contribution in [0.4, 0.5) is 0 Å². The number of hydrogen-bond acceptors (Lipinski definition) is 4. The van der Waals surface area contributed by atoms with E-state index in [-0.39, 0.29) is 5.97 Å². The number of hydrogen-bond donors (Lipinski definition) is 2. The average molecular weight is 335 g/mol. The van der Waals surface area contributed by atoms with E-state index in [0.29, 0.717) is 11.5 Å². The second-order valence-electron chi connectivity index (χ2n) is 5.37. The minimum atomic E-state index is -0.157. The summed E-state index contributed by atoms with van der Waals surface area (Å²) in [6.45, 7) is 4.88. The molecule has 0 aromatic heterocycles. The lowest BCUT2D eigenvalue weighted by Crippen LogP contribution is -2.32. The van der Waals surface area contributed by atoms with Gasteiger partial charge in [-0.05, 0) is 50.0 Å². The summed E-state index contributed by atoms with van der Waals surface area (Å²) >= 11 is 5.15. The van der Waals surface area contributed by atoms with Crippen molar-refractivity contribution in [2.24, 2.45) is 5.10 Å². The zero-order valence-electron chi connectivity index (χ0n) is 14.0. The van der Waals surface area contributed by atoms with Crippen LogP contribution in [0, 0.1) is 13.8 Å². The number of carbonyl (C=O) groups is 1. The van der Waals surface area contributed by atoms with Crippen LogP contribution in [0.15, 0.2) is 23.3 Å². The highest BCUT2D eigenvalue weighted by Gasteiger charge is 1.99. The lowest BCUT2D eigenvalue weighted by atomic mass is 10.1. The van der Waals surface area contributed by atoms with Gasteiger partial charge in [-0.1, -0.05) is 30.2 Å². The van der Waals surface area contributed by atoms with Crippen LogP contribution in [0.5, 0.6) is 0 Å². The molecular weight excluding hydrogens is 310 g/mol. The van der Waals surface area contributed by atoms with Crippen LogP contribution in [0.1, 0.15) is 42.4 Å². The molecule has 126 valence electrons. The second kappa shape index (κ2) is 10.7. The Morgan fingerprint density at radius 2 is 2.09 bits per heavy atom. The number of thiocarbonyl (C=S) groups is 1. The van der Waals surface area contributed by atoms with Crippen molar-refractivity contribution in [1.82, 2.24) is 10.7 Å². The number of nitrogens with zero attached hydrogens (tertiary/aromatic N) is 1. The SMILES string of the molecule is COC(=O)CCCCCNC(=S)N/N=C\c1ccc(C)cc1C. The van der Waals surface area contributed by atoms with Crippen LogP contribution in [0.25, 0.3) is 0 Å². The van der Waals surface area contributed by atoms with Gasteiger partial charge in [-0.25, -0.2) is 0 Å². The Bertz CT molecular complexity index is 559. The summed E-state index contributed by atoms with van der Waals surface area (Å²) in [4.78, 5) is 10.9. The maximum absolute atomic E-state index is 10.9. The number of unbranched alkanes of at least 4 members (excludes halogenated alkanes) is 2. The topological polar surface area (TPSA) is 62.7 Å². The average Bonchev–Trinajstić information content (AvgIpc) is 2.52. The molecule has 5 nitrogen and oxygen atoms in total. The normalized spacial score (nSPS) is 10.6. The molecule has 6 heteroatoms. The molecule has 1 rings (SSSR count). The van der Waals surface area contributed by atoms with Crippen molar-refractivity contribution in [3.8, 4) is 0 Å². The Morgan fingerprint density at radius 1 is 1.30 bits per heavy atom. The molecule has 1 aromatic carbocycles. The first-order valence-corrected chi connectivity index (χ1v) is 8.14. The van der Waals surface area contributed by atoms with Gasteiger partial charge in [0, 0.05) is 13.0 Å². The number of hydrazone groups is 1. The quantitative estimate of drug-likeness (QED) is 0.251. The molecule has 0 saturated carbocycles. The molecule has 0 saturated heterocycles. The lowest BCUT2D eigenvalue weighted by Gasteiger charge is -2.07. The molecule has 0 amide bonds. The van der Waals surface area contributed by atoms with Gasteiger partial charge in [0.05, 0.1) is 13.3 Å². The largest absolute Gasteiger partial charge is 0.469 e. The lowest BCUT2D eigenvalue weighted by molar-refractivity contribution is -0.140. The molecule has 0 spiro atoms. The molecule has 2 N–H and O–H groups in total. The van der Waals surface area contributed by atoms with Crippen molar-refractivity contribution in [2.75, 3.05) is 13.7 Å². The smallest absolute Gasteiger partial charge is 0.305 e. The second-order valence-corrected chi connectivity index (χ2v) is 5.78. The van der Waals surface area contributed by atoms with E-state index in [1.807, 2.05) is 6.07 Å². The first-order chi connectivity index (χ1) is 11.0. The number of aryl methyl sites for hydroxylation is 2. The van der Waals surface area contributed by atoms with Crippen molar-refractivity contribution in [1.29, 1.82) is 0 Å². The monoisotopic (exact) mass is 335 g/mol. The van der Waals surface area contributed by atoms with Crippen LogP contribution in [0.3, 0.4) is 0 Å². The van der Waals surface area contributed by atoms with Gasteiger partial charge in [-0.2, -0.15) is 5.10 Å². The molecule has 23 heavy (non-hydrogen) atoms. The summed E-state index contributed by atoms with van der Waals surface area (Å²) in [7, 11) is 1.41. The summed E-state index contributed by atoms with van der Waals surface area (Å²) in [5.74, 6) is -0.157. The maximum atomic E-state index is 10.9. The fraction of sp³-hybridized carbons (Fsp3) is 0.471. The predicted octanol–water partition coefficient (Wildman–Crippen LogP) is 2.83. The van der Waals surface area contributed by atoms with E-state index in [9.17, 15) is 4.79 Å². The van der Waals surface area contributed by atoms with Gasteiger partial charge < -0.3 is 10.1 Å². The molecular formula is C17H25N3O2S. The highest BCUT2D eigenvalue weighted by molar-refractivity contribution is 7.80. The summed E-state index contributed by atoms with van der Waals surface area (Å²) in [5.41, 5.74) is 6.28. The standard InChI is InChI=1S/C17H25N3O2S/c1-13-8-9-15(14(2)11-13)12-19-20-17(23)18-10-6-4-5-7-16(21)22-3/h8-9,11-12H,4-7,10H2,1-3H3,(H2,18,20,23)/b19-12-. The number of esters is 1. The van der Waals surface area contributed by atoms with E-state index < -0.39 is 0 Å². The van der Waals surface area contributed by atoms with Gasteiger partial charge in [0.25, 0.3) is 0 Å². The number of benzene rings is 1. The number of nitrogens with one attached hydrogen (secondary N) is 2. The van der Waals surface area contributed by atoms with Gasteiger partial charge in [-0.3, -0.25) is 10.2 Å². The Labute approximate surface area is 143 Å². The number of rotatable bonds is 8. The fourth-order valence-electron chi connectivity index (χ4n) is 2.05. The van der Waals surface area contributed by atoms with Crippen molar-refractivity contribution in [3.63, 3.8) is 0 Å². The molecule has 0 unspecified atom stereocenters. The summed E-state index contributed by atoms with van der Waals surface area (Å²) < 4.78 is 4.59. The van der Waals surface area contributed by atoms with Gasteiger partial charge >= 0.3 is 5.97 Å². The van der Waals surface area contributed by atoms with E-state index in [4.69, 9.17) is 12.2 Å². The van der Waals surface area contributed by atoms with Gasteiger partial charge in [0.1, 0.15) is 0 Å². The molecule has 0 heterocycles. The van der Waals surface area contributed by atoms with Gasteiger partial charge in [0.15, 0.2) is 5.11 Å². The van der Waals surface area contributed by atoms with Crippen LogP contribution >= 0.6 is 12.2 Å². The van der Waals surface area contributed by atoms with Crippen LogP contribution in [-0.4, -0.2) is 31.0 Å². The van der Waals surface area contributed by atoms with E-state index >= 15 is 0 Å². The zero-order valence-corrected chi connectivity index (χ0v) is 14.8. The third-order valence-corrected chi connectivity index (χ3v) is 3.60. The van der Waals surface area contributed by atoms with Crippen LogP contribution in [-0.2, 0) is 9.53 Å². The van der Waals surface area contributed by atoms with Crippen molar-refractivity contribution in [2.45, 2.75) is 39.5 Å². The Kier molecular flexibility index (Phi) is 8.90. The Morgan fingerprint density at radius 3 is 2.78 bits per heavy atom. The number of methoxy groups -OCH3 is 1. The molecule has 1 aromatic rings. The fourth-order valence-corrected chi connectivity index (χ4v) is 2.20. The number of carbonyl (C=O) groups excluding carboxylic acids is 1. The molecule has 0 aliphatic rings. The van der Waals surface area contributed by atoms with Crippen molar-refractivity contribution >= 4 is 29.5 Å². The molecule has 0 bridgehead atoms. The molecule has 0 aliphatic heterocycles. The maximum Gasteiger partial charge on any atom is 0.305 e. The predicted molar refractivity (Wildman–Crippen MR) is 97.7 cm³/mol. The van der Waals surface area contributed by atoms with Crippen LogP contribution < -0.4 is 10.7 Å². The Balaban J connectivity index is 2.17. The third-order valence-electron chi connectivity index (χ3n) is 3.37. The van der Waals surface area contributed by atoms with E-state index in [2.05, 4.69) is 46.6 Å². The van der Waals surface area contributed by atoms with Gasteiger partial charge in [0.2, 0.25) is 0 Å². The molecule has 0 fully saturated rings. The first-order valence-electron chi connectivity index (χ1n) is 7.74.